The van der Waals surface area contributed by atoms with Crippen molar-refractivity contribution < 1.29 is 14.3 Å². The monoisotopic (exact) mass is 325 g/mol. The molecular formula is C20H23NO3. The van der Waals surface area contributed by atoms with Gasteiger partial charge in [0, 0.05) is 6.54 Å². The third kappa shape index (κ3) is 3.53. The van der Waals surface area contributed by atoms with E-state index >= 15 is 0 Å². The van der Waals surface area contributed by atoms with E-state index in [2.05, 4.69) is 17.4 Å². The highest BCUT2D eigenvalue weighted by Crippen LogP contribution is 2.36. The number of amides is 1. The van der Waals surface area contributed by atoms with Crippen molar-refractivity contribution in [3.63, 3.8) is 0 Å². The zero-order valence-electron chi connectivity index (χ0n) is 14.2. The van der Waals surface area contributed by atoms with E-state index in [4.69, 9.17) is 9.47 Å². The van der Waals surface area contributed by atoms with E-state index in [1.807, 2.05) is 50.2 Å². The van der Waals surface area contributed by atoms with Crippen LogP contribution in [0.3, 0.4) is 0 Å². The fourth-order valence-corrected chi connectivity index (χ4v) is 2.78. The van der Waals surface area contributed by atoms with Crippen molar-refractivity contribution in [3.05, 3.63) is 59.7 Å². The van der Waals surface area contributed by atoms with Crippen molar-refractivity contribution >= 4 is 5.91 Å². The number of hydrogen-bond donors (Lipinski definition) is 1. The van der Waals surface area contributed by atoms with Crippen LogP contribution in [0.4, 0.5) is 0 Å². The van der Waals surface area contributed by atoms with E-state index < -0.39 is 5.41 Å². The van der Waals surface area contributed by atoms with E-state index in [0.29, 0.717) is 12.3 Å². The second-order valence-corrected chi connectivity index (χ2v) is 6.54. The van der Waals surface area contributed by atoms with Gasteiger partial charge in [0.05, 0.1) is 5.41 Å². The smallest absolute Gasteiger partial charge is 0.231 e. The van der Waals surface area contributed by atoms with Gasteiger partial charge in [0.1, 0.15) is 0 Å². The molecule has 2 aromatic rings. The van der Waals surface area contributed by atoms with Crippen LogP contribution in [0.5, 0.6) is 11.5 Å². The number of hydrogen-bond acceptors (Lipinski definition) is 3. The molecule has 126 valence electrons. The van der Waals surface area contributed by atoms with Crippen molar-refractivity contribution in [2.75, 3.05) is 13.3 Å². The zero-order valence-corrected chi connectivity index (χ0v) is 14.2. The Bertz CT molecular complexity index is 710. The normalized spacial score (nSPS) is 12.9. The first-order chi connectivity index (χ1) is 11.6. The molecule has 1 heterocycles. The maximum absolute atomic E-state index is 12.6. The standard InChI is InChI=1S/C20H23NO3/c1-20(2,16-10-11-17-18(13-16)24-14-23-17)19(22)21-12-6-9-15-7-4-3-5-8-15/h3-5,7-8,10-11,13H,6,9,12,14H2,1-2H3,(H,21,22). The fourth-order valence-electron chi connectivity index (χ4n) is 2.78. The highest BCUT2D eigenvalue weighted by molar-refractivity contribution is 5.87. The quantitative estimate of drug-likeness (QED) is 0.828. The fraction of sp³-hybridized carbons (Fsp3) is 0.350. The Morgan fingerprint density at radius 2 is 1.83 bits per heavy atom. The molecule has 0 unspecified atom stereocenters. The average molecular weight is 325 g/mol. The molecule has 3 rings (SSSR count). The number of carbonyl (C=O) groups excluding carboxylic acids is 1. The SMILES string of the molecule is CC(C)(C(=O)NCCCc1ccccc1)c1ccc2c(c1)OCO2. The summed E-state index contributed by atoms with van der Waals surface area (Å²) in [6.45, 7) is 4.76. The van der Waals surface area contributed by atoms with Gasteiger partial charge in [0.15, 0.2) is 11.5 Å². The van der Waals surface area contributed by atoms with Gasteiger partial charge in [-0.1, -0.05) is 36.4 Å². The third-order valence-corrected chi connectivity index (χ3v) is 4.43. The van der Waals surface area contributed by atoms with E-state index in [1.165, 1.54) is 5.56 Å². The van der Waals surface area contributed by atoms with E-state index in [9.17, 15) is 4.79 Å². The largest absolute Gasteiger partial charge is 0.454 e. The summed E-state index contributed by atoms with van der Waals surface area (Å²) in [6.07, 6.45) is 1.89. The Balaban J connectivity index is 1.55. The summed E-state index contributed by atoms with van der Waals surface area (Å²) in [6, 6.07) is 16.0. The van der Waals surface area contributed by atoms with Gasteiger partial charge in [-0.3, -0.25) is 4.79 Å². The van der Waals surface area contributed by atoms with Crippen molar-refractivity contribution in [1.82, 2.24) is 5.32 Å². The van der Waals surface area contributed by atoms with Gasteiger partial charge >= 0.3 is 0 Å². The van der Waals surface area contributed by atoms with Crippen LogP contribution in [0.2, 0.25) is 0 Å². The second kappa shape index (κ2) is 6.95. The third-order valence-electron chi connectivity index (χ3n) is 4.43. The Labute approximate surface area is 142 Å². The van der Waals surface area contributed by atoms with Gasteiger partial charge in [-0.25, -0.2) is 0 Å². The van der Waals surface area contributed by atoms with Crippen molar-refractivity contribution in [1.29, 1.82) is 0 Å². The van der Waals surface area contributed by atoms with Crippen LogP contribution < -0.4 is 14.8 Å². The molecule has 1 aliphatic rings. The molecule has 0 radical (unpaired) electrons. The van der Waals surface area contributed by atoms with Crippen molar-refractivity contribution in [2.45, 2.75) is 32.1 Å². The summed E-state index contributed by atoms with van der Waals surface area (Å²) < 4.78 is 10.7. The molecule has 1 aliphatic heterocycles. The van der Waals surface area contributed by atoms with E-state index in [0.717, 1.165) is 24.2 Å². The highest BCUT2D eigenvalue weighted by atomic mass is 16.7. The summed E-state index contributed by atoms with van der Waals surface area (Å²) in [5.41, 5.74) is 1.60. The predicted molar refractivity (Wildman–Crippen MR) is 93.4 cm³/mol. The molecule has 0 spiro atoms. The number of aryl methyl sites for hydroxylation is 1. The van der Waals surface area contributed by atoms with Crippen LogP contribution >= 0.6 is 0 Å². The van der Waals surface area contributed by atoms with Gasteiger partial charge < -0.3 is 14.8 Å². The van der Waals surface area contributed by atoms with Gasteiger partial charge in [-0.15, -0.1) is 0 Å². The van der Waals surface area contributed by atoms with Crippen LogP contribution in [-0.2, 0) is 16.6 Å². The van der Waals surface area contributed by atoms with E-state index in [1.54, 1.807) is 0 Å². The number of rotatable bonds is 6. The van der Waals surface area contributed by atoms with Crippen LogP contribution in [0.1, 0.15) is 31.4 Å². The van der Waals surface area contributed by atoms with Crippen molar-refractivity contribution in [3.8, 4) is 11.5 Å². The summed E-state index contributed by atoms with van der Waals surface area (Å²) in [5.74, 6) is 1.46. The van der Waals surface area contributed by atoms with Crippen LogP contribution in [0.15, 0.2) is 48.5 Å². The molecule has 1 N–H and O–H groups in total. The first kappa shape index (κ1) is 16.4. The molecule has 0 fully saturated rings. The highest BCUT2D eigenvalue weighted by Gasteiger charge is 2.31. The Morgan fingerprint density at radius 1 is 1.08 bits per heavy atom. The minimum absolute atomic E-state index is 0.0226. The number of nitrogens with one attached hydrogen (secondary N) is 1. The van der Waals surface area contributed by atoms with Gasteiger partial charge in [0.2, 0.25) is 12.7 Å². The van der Waals surface area contributed by atoms with Crippen LogP contribution in [0.25, 0.3) is 0 Å². The molecule has 0 atom stereocenters. The summed E-state index contributed by atoms with van der Waals surface area (Å²) >= 11 is 0. The van der Waals surface area contributed by atoms with E-state index in [-0.39, 0.29) is 12.7 Å². The average Bonchev–Trinajstić information content (AvgIpc) is 3.07. The van der Waals surface area contributed by atoms with Gasteiger partial charge in [0.25, 0.3) is 0 Å². The van der Waals surface area contributed by atoms with Crippen LogP contribution in [0, 0.1) is 0 Å². The predicted octanol–water partition coefficient (Wildman–Crippen LogP) is 3.44. The zero-order chi connectivity index (χ0) is 17.0. The second-order valence-electron chi connectivity index (χ2n) is 6.54. The maximum Gasteiger partial charge on any atom is 0.231 e. The molecule has 4 heteroatoms. The number of benzene rings is 2. The minimum Gasteiger partial charge on any atom is -0.454 e. The molecule has 4 nitrogen and oxygen atoms in total. The van der Waals surface area contributed by atoms with Crippen molar-refractivity contribution in [2.24, 2.45) is 0 Å². The molecular weight excluding hydrogens is 302 g/mol. The van der Waals surface area contributed by atoms with Gasteiger partial charge in [-0.2, -0.15) is 0 Å². The molecule has 0 aliphatic carbocycles. The number of fused-ring (bicyclic) bond motifs is 1. The summed E-state index contributed by atoms with van der Waals surface area (Å²) in [7, 11) is 0. The molecule has 0 saturated carbocycles. The Hall–Kier alpha value is -2.49. The molecule has 0 saturated heterocycles. The summed E-state index contributed by atoms with van der Waals surface area (Å²) in [5, 5.41) is 3.05. The first-order valence-electron chi connectivity index (χ1n) is 8.30. The topological polar surface area (TPSA) is 47.6 Å². The molecule has 0 aromatic heterocycles. The molecule has 2 aromatic carbocycles. The molecule has 1 amide bonds. The van der Waals surface area contributed by atoms with Crippen LogP contribution in [-0.4, -0.2) is 19.2 Å². The lowest BCUT2D eigenvalue weighted by molar-refractivity contribution is -0.125. The lowest BCUT2D eigenvalue weighted by Gasteiger charge is -2.24. The molecule has 24 heavy (non-hydrogen) atoms. The number of ether oxygens (including phenoxy) is 2. The Morgan fingerprint density at radius 3 is 2.62 bits per heavy atom. The minimum atomic E-state index is -0.617. The maximum atomic E-state index is 12.6. The lowest BCUT2D eigenvalue weighted by atomic mass is 9.83. The Kier molecular flexibility index (Phi) is 4.74. The lowest BCUT2D eigenvalue weighted by Crippen LogP contribution is -2.40. The number of carbonyl (C=O) groups is 1. The first-order valence-corrected chi connectivity index (χ1v) is 8.30. The summed E-state index contributed by atoms with van der Waals surface area (Å²) in [4.78, 5) is 12.6. The molecule has 0 bridgehead atoms. The van der Waals surface area contributed by atoms with Gasteiger partial charge in [-0.05, 0) is 49.9 Å².